The Balaban J connectivity index is 0. The van der Waals surface area contributed by atoms with E-state index in [-0.39, 0.29) is 0 Å². The van der Waals surface area contributed by atoms with Gasteiger partial charge in [0.2, 0.25) is 0 Å². The molecule has 1 N–H and O–H groups in total. The molecule has 38 valence electrons. The van der Waals surface area contributed by atoms with Crippen LogP contribution in [-0.4, -0.2) is 11.6 Å². The first-order valence-electron chi connectivity index (χ1n) is 1.83. The van der Waals surface area contributed by atoms with Crippen LogP contribution in [0, 0.1) is 0 Å². The molecule has 0 aliphatic carbocycles. The summed E-state index contributed by atoms with van der Waals surface area (Å²) in [6.45, 7) is 5.23. The molecule has 1 unspecified atom stereocenters. The zero-order chi connectivity index (χ0) is 5.58. The fourth-order valence-electron chi connectivity index (χ4n) is 0. The summed E-state index contributed by atoms with van der Waals surface area (Å²) in [7, 11) is -1.87. The zero-order valence-electron chi connectivity index (χ0n) is 4.30. The first-order valence-corrected chi connectivity index (χ1v) is 3.49. The SMILES string of the molecule is CC.C[P+](=O)O. The highest BCUT2D eigenvalue weighted by molar-refractivity contribution is 7.36. The lowest BCUT2D eigenvalue weighted by atomic mass is 11.0. The molecule has 0 aromatic heterocycles. The highest BCUT2D eigenvalue weighted by Crippen LogP contribution is 1.99. The molecule has 0 aromatic carbocycles. The van der Waals surface area contributed by atoms with Gasteiger partial charge in [-0.15, -0.1) is 0 Å². The fraction of sp³-hybridized carbons (Fsp3) is 1.00. The minimum absolute atomic E-state index is 1.23. The normalized spacial score (nSPS) is 8.33. The van der Waals surface area contributed by atoms with Gasteiger partial charge in [0.15, 0.2) is 6.66 Å². The largest absolute Gasteiger partial charge is 0.502 e. The Bertz CT molecular complexity index is 31.8. The molecular weight excluding hydrogens is 99.0 g/mol. The first-order chi connectivity index (χ1) is 2.73. The van der Waals surface area contributed by atoms with E-state index in [1.165, 1.54) is 6.66 Å². The van der Waals surface area contributed by atoms with Crippen molar-refractivity contribution in [2.24, 2.45) is 0 Å². The molecule has 0 fully saturated rings. The molecule has 0 radical (unpaired) electrons. The average molecular weight is 109 g/mol. The van der Waals surface area contributed by atoms with E-state index in [0.717, 1.165) is 0 Å². The predicted octanol–water partition coefficient (Wildman–Crippen LogP) is 1.38. The summed E-state index contributed by atoms with van der Waals surface area (Å²) in [5, 5.41) is 0. The Labute approximate surface area is 39.1 Å². The van der Waals surface area contributed by atoms with Gasteiger partial charge in [-0.1, -0.05) is 13.8 Å². The Kier molecular flexibility index (Phi) is 14.0. The summed E-state index contributed by atoms with van der Waals surface area (Å²) in [6, 6.07) is 0. The topological polar surface area (TPSA) is 37.3 Å². The second-order valence-electron chi connectivity index (χ2n) is 0.464. The minimum atomic E-state index is -1.87. The van der Waals surface area contributed by atoms with Gasteiger partial charge in [0.1, 0.15) is 0 Å². The van der Waals surface area contributed by atoms with Crippen LogP contribution in [0.4, 0.5) is 0 Å². The van der Waals surface area contributed by atoms with Gasteiger partial charge in [-0.3, -0.25) is 0 Å². The molecule has 0 aromatic rings. The van der Waals surface area contributed by atoms with Crippen molar-refractivity contribution in [3.63, 3.8) is 0 Å². The van der Waals surface area contributed by atoms with Crippen LogP contribution in [0.15, 0.2) is 0 Å². The summed E-state index contributed by atoms with van der Waals surface area (Å²) < 4.78 is 9.15. The lowest BCUT2D eigenvalue weighted by molar-refractivity contribution is 0.509. The fourth-order valence-corrected chi connectivity index (χ4v) is 0. The standard InChI is InChI=1S/C2H6.CH3O2P/c1-2;1-4(2)3/h1-2H3;1H3/p+1. The maximum absolute atomic E-state index is 9.15. The summed E-state index contributed by atoms with van der Waals surface area (Å²) in [4.78, 5) is 7.56. The Morgan fingerprint density at radius 1 is 1.50 bits per heavy atom. The van der Waals surface area contributed by atoms with Crippen LogP contribution in [-0.2, 0) is 4.57 Å². The molecule has 0 amide bonds. The van der Waals surface area contributed by atoms with Crippen LogP contribution in [0.5, 0.6) is 0 Å². The van der Waals surface area contributed by atoms with E-state index in [1.807, 2.05) is 13.8 Å². The Morgan fingerprint density at radius 2 is 1.50 bits per heavy atom. The van der Waals surface area contributed by atoms with E-state index in [1.54, 1.807) is 0 Å². The van der Waals surface area contributed by atoms with Crippen molar-refractivity contribution in [2.45, 2.75) is 13.8 Å². The van der Waals surface area contributed by atoms with Crippen molar-refractivity contribution in [3.8, 4) is 0 Å². The Morgan fingerprint density at radius 3 is 1.50 bits per heavy atom. The second kappa shape index (κ2) is 8.91. The lowest BCUT2D eigenvalue weighted by Gasteiger charge is -1.36. The number of hydrogen-bond donors (Lipinski definition) is 1. The van der Waals surface area contributed by atoms with Gasteiger partial charge in [0, 0.05) is 0 Å². The van der Waals surface area contributed by atoms with Crippen molar-refractivity contribution >= 4 is 8.03 Å². The van der Waals surface area contributed by atoms with Crippen molar-refractivity contribution in [1.29, 1.82) is 0 Å². The zero-order valence-corrected chi connectivity index (χ0v) is 5.20. The molecule has 0 saturated heterocycles. The monoisotopic (exact) mass is 109 g/mol. The van der Waals surface area contributed by atoms with Crippen LogP contribution in [0.25, 0.3) is 0 Å². The maximum atomic E-state index is 9.15. The van der Waals surface area contributed by atoms with Gasteiger partial charge >= 0.3 is 8.03 Å². The van der Waals surface area contributed by atoms with Crippen LogP contribution in [0.2, 0.25) is 0 Å². The molecule has 0 saturated carbocycles. The third-order valence-electron chi connectivity index (χ3n) is 0. The maximum Gasteiger partial charge on any atom is 0.502 e. The van der Waals surface area contributed by atoms with Crippen LogP contribution >= 0.6 is 8.03 Å². The summed E-state index contributed by atoms with van der Waals surface area (Å²) in [5.41, 5.74) is 0. The third-order valence-corrected chi connectivity index (χ3v) is 0. The molecule has 0 aliphatic heterocycles. The molecule has 0 heterocycles. The van der Waals surface area contributed by atoms with E-state index >= 15 is 0 Å². The van der Waals surface area contributed by atoms with Gasteiger partial charge in [-0.25, -0.2) is 0 Å². The van der Waals surface area contributed by atoms with Crippen molar-refractivity contribution < 1.29 is 9.46 Å². The highest BCUT2D eigenvalue weighted by Gasteiger charge is 1.86. The molecule has 0 rings (SSSR count). The van der Waals surface area contributed by atoms with Crippen molar-refractivity contribution in [2.75, 3.05) is 6.66 Å². The molecule has 0 bridgehead atoms. The van der Waals surface area contributed by atoms with E-state index in [9.17, 15) is 0 Å². The summed E-state index contributed by atoms with van der Waals surface area (Å²) >= 11 is 0. The summed E-state index contributed by atoms with van der Waals surface area (Å²) in [6.07, 6.45) is 0. The van der Waals surface area contributed by atoms with E-state index < -0.39 is 8.03 Å². The van der Waals surface area contributed by atoms with Gasteiger partial charge < -0.3 is 0 Å². The lowest BCUT2D eigenvalue weighted by Crippen LogP contribution is -1.35. The van der Waals surface area contributed by atoms with Gasteiger partial charge in [-0.05, 0) is 4.57 Å². The molecule has 0 spiro atoms. The molecular formula is C3H10O2P+. The molecule has 2 nitrogen and oxygen atoms in total. The minimum Gasteiger partial charge on any atom is -0.161 e. The van der Waals surface area contributed by atoms with E-state index in [2.05, 4.69) is 0 Å². The molecule has 0 aliphatic rings. The molecule has 6 heavy (non-hydrogen) atoms. The number of rotatable bonds is 0. The predicted molar refractivity (Wildman–Crippen MR) is 27.1 cm³/mol. The van der Waals surface area contributed by atoms with E-state index in [0.29, 0.717) is 0 Å². The third kappa shape index (κ3) is 10600. The molecule has 1 atom stereocenters. The summed E-state index contributed by atoms with van der Waals surface area (Å²) in [5.74, 6) is 0. The van der Waals surface area contributed by atoms with Crippen molar-refractivity contribution in [1.82, 2.24) is 0 Å². The average Bonchev–Trinajstić information content (AvgIpc) is 1.41. The van der Waals surface area contributed by atoms with Gasteiger partial charge in [0.25, 0.3) is 0 Å². The van der Waals surface area contributed by atoms with Crippen molar-refractivity contribution in [3.05, 3.63) is 0 Å². The van der Waals surface area contributed by atoms with Gasteiger partial charge in [-0.2, -0.15) is 4.89 Å². The van der Waals surface area contributed by atoms with Gasteiger partial charge in [0.05, 0.1) is 0 Å². The quantitative estimate of drug-likeness (QED) is 0.477. The van der Waals surface area contributed by atoms with Crippen LogP contribution in [0.1, 0.15) is 13.8 Å². The van der Waals surface area contributed by atoms with Crippen LogP contribution in [0.3, 0.4) is 0 Å². The molecule has 3 heteroatoms. The smallest absolute Gasteiger partial charge is 0.161 e. The first kappa shape index (κ1) is 9.41. The Hall–Kier alpha value is 0.0600. The van der Waals surface area contributed by atoms with Crippen LogP contribution < -0.4 is 0 Å². The highest BCUT2D eigenvalue weighted by atomic mass is 31.1. The number of hydrogen-bond acceptors (Lipinski definition) is 1. The van der Waals surface area contributed by atoms with E-state index in [4.69, 9.17) is 9.46 Å². The second-order valence-corrected chi connectivity index (χ2v) is 1.39.